The molecular formula is C27H36BN3O5. The lowest BCUT2D eigenvalue weighted by Gasteiger charge is -2.25. The summed E-state index contributed by atoms with van der Waals surface area (Å²) in [6.45, 7) is 6.99. The standard InChI is InChI=1S/C27H36BN3O5/c1-4-31(5-2)26(32)24(19-29)20(3)16-23-13-9-12-22(17-23)14-15-36-27(33)30-25(28(34)35)18-21-10-7-6-8-11-21/h6-13,17,20,24-25,34-35H,4-5,14-16,18H2,1-3H3,(H,30,33)/t20?,24?,25-/m0/s1. The molecule has 0 radical (unpaired) electrons. The van der Waals surface area contributed by atoms with Gasteiger partial charge in [0.1, 0.15) is 5.92 Å². The predicted octanol–water partition coefficient (Wildman–Crippen LogP) is 2.77. The highest BCUT2D eigenvalue weighted by molar-refractivity contribution is 6.43. The second-order valence-electron chi connectivity index (χ2n) is 8.86. The van der Waals surface area contributed by atoms with Crippen molar-refractivity contribution in [3.05, 3.63) is 71.3 Å². The molecule has 3 atom stereocenters. The molecule has 0 saturated carbocycles. The molecule has 0 heterocycles. The van der Waals surface area contributed by atoms with Gasteiger partial charge in [-0.25, -0.2) is 4.79 Å². The van der Waals surface area contributed by atoms with Gasteiger partial charge < -0.3 is 25.0 Å². The molecule has 2 amide bonds. The van der Waals surface area contributed by atoms with Crippen molar-refractivity contribution in [3.8, 4) is 6.07 Å². The molecule has 0 aliphatic heterocycles. The van der Waals surface area contributed by atoms with E-state index in [-0.39, 0.29) is 24.9 Å². The molecular weight excluding hydrogens is 457 g/mol. The molecule has 2 rings (SSSR count). The lowest BCUT2D eigenvalue weighted by atomic mass is 9.76. The van der Waals surface area contributed by atoms with Gasteiger partial charge in [0.25, 0.3) is 0 Å². The van der Waals surface area contributed by atoms with Crippen molar-refractivity contribution < 1.29 is 24.4 Å². The third-order valence-electron chi connectivity index (χ3n) is 6.18. The molecule has 3 N–H and O–H groups in total. The highest BCUT2D eigenvalue weighted by Gasteiger charge is 2.28. The summed E-state index contributed by atoms with van der Waals surface area (Å²) in [6.07, 6.45) is 0.589. The summed E-state index contributed by atoms with van der Waals surface area (Å²) in [6, 6.07) is 19.2. The van der Waals surface area contributed by atoms with E-state index in [4.69, 9.17) is 4.74 Å². The number of ether oxygens (including phenoxy) is 1. The molecule has 8 nitrogen and oxygen atoms in total. The minimum absolute atomic E-state index is 0.117. The molecule has 2 unspecified atom stereocenters. The number of rotatable bonds is 13. The highest BCUT2D eigenvalue weighted by atomic mass is 16.5. The Balaban J connectivity index is 1.88. The Morgan fingerprint density at radius 3 is 2.28 bits per heavy atom. The van der Waals surface area contributed by atoms with Crippen molar-refractivity contribution >= 4 is 19.1 Å². The van der Waals surface area contributed by atoms with Crippen LogP contribution in [0.4, 0.5) is 4.79 Å². The number of nitrogens with zero attached hydrogens (tertiary/aromatic N) is 2. The van der Waals surface area contributed by atoms with Crippen molar-refractivity contribution in [1.82, 2.24) is 10.2 Å². The van der Waals surface area contributed by atoms with E-state index in [0.717, 1.165) is 16.7 Å². The number of hydrogen-bond acceptors (Lipinski definition) is 6. The molecule has 36 heavy (non-hydrogen) atoms. The van der Waals surface area contributed by atoms with Crippen LogP contribution in [-0.4, -0.2) is 59.7 Å². The van der Waals surface area contributed by atoms with E-state index in [1.807, 2.05) is 75.4 Å². The van der Waals surface area contributed by atoms with Crippen LogP contribution in [0.25, 0.3) is 0 Å². The van der Waals surface area contributed by atoms with E-state index < -0.39 is 25.1 Å². The van der Waals surface area contributed by atoms with Crippen LogP contribution in [0.1, 0.15) is 37.5 Å². The fraction of sp³-hybridized carbons (Fsp3) is 0.444. The maximum Gasteiger partial charge on any atom is 0.475 e. The van der Waals surface area contributed by atoms with Crippen molar-refractivity contribution in [3.63, 3.8) is 0 Å². The van der Waals surface area contributed by atoms with E-state index in [2.05, 4.69) is 11.4 Å². The zero-order valence-corrected chi connectivity index (χ0v) is 21.3. The first-order valence-electron chi connectivity index (χ1n) is 12.4. The zero-order chi connectivity index (χ0) is 26.5. The topological polar surface area (TPSA) is 123 Å². The second-order valence-corrected chi connectivity index (χ2v) is 8.86. The van der Waals surface area contributed by atoms with Gasteiger partial charge in [0, 0.05) is 19.5 Å². The Morgan fingerprint density at radius 2 is 1.67 bits per heavy atom. The SMILES string of the molecule is CCN(CC)C(=O)C(C#N)C(C)Cc1cccc(CCOC(=O)N[C@@H](Cc2ccccc2)B(O)O)c1. The van der Waals surface area contributed by atoms with E-state index >= 15 is 0 Å². The van der Waals surface area contributed by atoms with Crippen LogP contribution in [0, 0.1) is 23.2 Å². The van der Waals surface area contributed by atoms with Gasteiger partial charge in [-0.05, 0) is 49.3 Å². The van der Waals surface area contributed by atoms with E-state index in [1.165, 1.54) is 0 Å². The molecule has 0 aromatic heterocycles. The van der Waals surface area contributed by atoms with Gasteiger partial charge in [-0.1, -0.05) is 61.5 Å². The Bertz CT molecular complexity index is 1010. The number of benzene rings is 2. The summed E-state index contributed by atoms with van der Waals surface area (Å²) in [5.74, 6) is -1.88. The lowest BCUT2D eigenvalue weighted by Crippen LogP contribution is -2.48. The van der Waals surface area contributed by atoms with Gasteiger partial charge >= 0.3 is 13.2 Å². The van der Waals surface area contributed by atoms with Crippen LogP contribution in [0.15, 0.2) is 54.6 Å². The van der Waals surface area contributed by atoms with Crippen LogP contribution in [0.3, 0.4) is 0 Å². The first-order valence-corrected chi connectivity index (χ1v) is 12.4. The molecule has 0 spiro atoms. The molecule has 2 aromatic carbocycles. The Morgan fingerprint density at radius 1 is 1.03 bits per heavy atom. The summed E-state index contributed by atoms with van der Waals surface area (Å²) >= 11 is 0. The first kappa shape index (κ1) is 28.9. The normalized spacial score (nSPS) is 13.1. The summed E-state index contributed by atoms with van der Waals surface area (Å²) in [4.78, 5) is 26.6. The molecule has 9 heteroatoms. The Labute approximate surface area is 214 Å². The molecule has 0 aliphatic rings. The Kier molecular flexibility index (Phi) is 12.0. The summed E-state index contributed by atoms with van der Waals surface area (Å²) in [5.41, 5.74) is 2.82. The zero-order valence-electron chi connectivity index (χ0n) is 21.3. The lowest BCUT2D eigenvalue weighted by molar-refractivity contribution is -0.134. The number of carbonyl (C=O) groups excluding carboxylic acids is 2. The third-order valence-corrected chi connectivity index (χ3v) is 6.18. The molecule has 0 saturated heterocycles. The first-order chi connectivity index (χ1) is 17.3. The van der Waals surface area contributed by atoms with Gasteiger partial charge in [0.2, 0.25) is 5.91 Å². The van der Waals surface area contributed by atoms with Crippen LogP contribution < -0.4 is 5.32 Å². The molecule has 0 fully saturated rings. The van der Waals surface area contributed by atoms with Crippen LogP contribution in [0.5, 0.6) is 0 Å². The van der Waals surface area contributed by atoms with Gasteiger partial charge in [0.15, 0.2) is 0 Å². The van der Waals surface area contributed by atoms with Gasteiger partial charge in [-0.15, -0.1) is 0 Å². The van der Waals surface area contributed by atoms with Crippen LogP contribution >= 0.6 is 0 Å². The summed E-state index contributed by atoms with van der Waals surface area (Å²) in [7, 11) is -1.72. The average molecular weight is 493 g/mol. The van der Waals surface area contributed by atoms with Gasteiger partial charge in [0.05, 0.1) is 18.6 Å². The maximum absolute atomic E-state index is 12.7. The molecule has 0 aliphatic carbocycles. The highest BCUT2D eigenvalue weighted by Crippen LogP contribution is 2.20. The Hall–Kier alpha value is -3.35. The van der Waals surface area contributed by atoms with E-state index in [9.17, 15) is 24.9 Å². The second kappa shape index (κ2) is 14.9. The predicted molar refractivity (Wildman–Crippen MR) is 139 cm³/mol. The quantitative estimate of drug-likeness (QED) is 0.369. The van der Waals surface area contributed by atoms with E-state index in [0.29, 0.717) is 25.9 Å². The minimum atomic E-state index is -1.72. The molecule has 2 aromatic rings. The maximum atomic E-state index is 12.7. The largest absolute Gasteiger partial charge is 0.475 e. The van der Waals surface area contributed by atoms with Gasteiger partial charge in [-0.3, -0.25) is 4.79 Å². The van der Waals surface area contributed by atoms with E-state index in [1.54, 1.807) is 4.90 Å². The number of hydrogen-bond donors (Lipinski definition) is 3. The van der Waals surface area contributed by atoms with Crippen LogP contribution in [0.2, 0.25) is 0 Å². The smallest absolute Gasteiger partial charge is 0.449 e. The number of nitrogens with one attached hydrogen (secondary N) is 1. The molecule has 0 bridgehead atoms. The monoisotopic (exact) mass is 493 g/mol. The fourth-order valence-corrected chi connectivity index (χ4v) is 4.11. The number of nitriles is 1. The average Bonchev–Trinajstić information content (AvgIpc) is 2.85. The van der Waals surface area contributed by atoms with Crippen molar-refractivity contribution in [1.29, 1.82) is 5.26 Å². The van der Waals surface area contributed by atoms with Crippen molar-refractivity contribution in [2.75, 3.05) is 19.7 Å². The number of carbonyl (C=O) groups is 2. The molecule has 192 valence electrons. The van der Waals surface area contributed by atoms with Crippen molar-refractivity contribution in [2.45, 2.75) is 46.0 Å². The van der Waals surface area contributed by atoms with Gasteiger partial charge in [-0.2, -0.15) is 5.26 Å². The number of amides is 2. The third kappa shape index (κ3) is 9.02. The summed E-state index contributed by atoms with van der Waals surface area (Å²) in [5, 5.41) is 31.4. The fourth-order valence-electron chi connectivity index (χ4n) is 4.11. The number of alkyl carbamates (subject to hydrolysis) is 1. The minimum Gasteiger partial charge on any atom is -0.449 e. The summed E-state index contributed by atoms with van der Waals surface area (Å²) < 4.78 is 5.26. The van der Waals surface area contributed by atoms with Crippen LogP contribution in [-0.2, 0) is 28.8 Å². The van der Waals surface area contributed by atoms with Crippen molar-refractivity contribution in [2.24, 2.45) is 11.8 Å².